The Labute approximate surface area is 160 Å². The molecule has 6 heteroatoms. The monoisotopic (exact) mass is 364 g/mol. The van der Waals surface area contributed by atoms with Crippen LogP contribution in [0, 0.1) is 6.92 Å². The number of rotatable bonds is 6. The summed E-state index contributed by atoms with van der Waals surface area (Å²) in [4.78, 5) is 14.4. The average molecular weight is 364 g/mol. The van der Waals surface area contributed by atoms with Crippen molar-refractivity contribution in [2.24, 2.45) is 4.99 Å². The Morgan fingerprint density at radius 3 is 2.70 bits per heavy atom. The third-order valence-electron chi connectivity index (χ3n) is 4.61. The molecule has 1 aromatic carbocycles. The lowest BCUT2D eigenvalue weighted by Crippen LogP contribution is -2.38. The van der Waals surface area contributed by atoms with Crippen LogP contribution >= 0.6 is 0 Å². The van der Waals surface area contributed by atoms with E-state index >= 15 is 0 Å². The number of aliphatic imine (C=N–C) groups is 1. The van der Waals surface area contributed by atoms with Crippen LogP contribution in [-0.4, -0.2) is 43.6 Å². The minimum atomic E-state index is 0.632. The molecular weight excluding hydrogens is 336 g/mol. The SMILES string of the molecule is CN=C(NCCc1c(C)[nH]c2ccccc12)NCc1cccc(N(C)C)n1. The number of aromatic nitrogens is 2. The van der Waals surface area contributed by atoms with Crippen molar-refractivity contribution in [3.05, 3.63) is 59.4 Å². The summed E-state index contributed by atoms with van der Waals surface area (Å²) in [6, 6.07) is 14.5. The summed E-state index contributed by atoms with van der Waals surface area (Å²) in [6.07, 6.45) is 0.935. The van der Waals surface area contributed by atoms with Crippen LogP contribution in [0.4, 0.5) is 5.82 Å². The van der Waals surface area contributed by atoms with Crippen LogP contribution in [0.1, 0.15) is 17.0 Å². The van der Waals surface area contributed by atoms with Crippen molar-refractivity contribution >= 4 is 22.7 Å². The van der Waals surface area contributed by atoms with Gasteiger partial charge in [-0.3, -0.25) is 4.99 Å². The summed E-state index contributed by atoms with van der Waals surface area (Å²) in [5, 5.41) is 8.02. The zero-order valence-corrected chi connectivity index (χ0v) is 16.5. The molecule has 3 rings (SSSR count). The van der Waals surface area contributed by atoms with E-state index in [4.69, 9.17) is 0 Å². The second-order valence-corrected chi connectivity index (χ2v) is 6.76. The maximum absolute atomic E-state index is 4.62. The molecule has 142 valence electrons. The highest BCUT2D eigenvalue weighted by atomic mass is 15.2. The van der Waals surface area contributed by atoms with Crippen molar-refractivity contribution in [2.75, 3.05) is 32.6 Å². The van der Waals surface area contributed by atoms with Crippen molar-refractivity contribution < 1.29 is 0 Å². The highest BCUT2D eigenvalue weighted by molar-refractivity contribution is 5.84. The van der Waals surface area contributed by atoms with Gasteiger partial charge in [0.1, 0.15) is 5.82 Å². The lowest BCUT2D eigenvalue weighted by atomic mass is 10.1. The van der Waals surface area contributed by atoms with Crippen LogP contribution in [0.15, 0.2) is 47.5 Å². The van der Waals surface area contributed by atoms with E-state index in [9.17, 15) is 0 Å². The molecule has 0 amide bonds. The molecule has 0 fully saturated rings. The van der Waals surface area contributed by atoms with E-state index in [1.165, 1.54) is 22.2 Å². The molecule has 0 saturated heterocycles. The van der Waals surface area contributed by atoms with E-state index in [-0.39, 0.29) is 0 Å². The Balaban J connectivity index is 1.55. The number of fused-ring (bicyclic) bond motifs is 1. The fourth-order valence-electron chi connectivity index (χ4n) is 3.17. The number of anilines is 1. The van der Waals surface area contributed by atoms with Gasteiger partial charge < -0.3 is 20.5 Å². The van der Waals surface area contributed by atoms with E-state index < -0.39 is 0 Å². The van der Waals surface area contributed by atoms with Gasteiger partial charge in [-0.1, -0.05) is 24.3 Å². The fourth-order valence-corrected chi connectivity index (χ4v) is 3.17. The van der Waals surface area contributed by atoms with E-state index in [1.807, 2.05) is 37.2 Å². The van der Waals surface area contributed by atoms with Gasteiger partial charge in [0, 0.05) is 44.3 Å². The highest BCUT2D eigenvalue weighted by Gasteiger charge is 2.08. The lowest BCUT2D eigenvalue weighted by Gasteiger charge is -2.14. The molecule has 27 heavy (non-hydrogen) atoms. The van der Waals surface area contributed by atoms with Gasteiger partial charge in [-0.05, 0) is 37.1 Å². The first-order valence-electron chi connectivity index (χ1n) is 9.22. The summed E-state index contributed by atoms with van der Waals surface area (Å²) in [7, 11) is 5.77. The molecule has 0 radical (unpaired) electrons. The maximum atomic E-state index is 4.62. The average Bonchev–Trinajstić information content (AvgIpc) is 3.00. The Morgan fingerprint density at radius 1 is 1.11 bits per heavy atom. The standard InChI is InChI=1S/C21H28N6/c1-15-17(18-9-5-6-10-19(18)25-15)12-13-23-21(22-2)24-14-16-8-7-11-20(26-16)27(3)4/h5-11,25H,12-14H2,1-4H3,(H2,22,23,24). The van der Waals surface area contributed by atoms with Crippen LogP contribution in [0.3, 0.4) is 0 Å². The number of nitrogens with one attached hydrogen (secondary N) is 3. The third-order valence-corrected chi connectivity index (χ3v) is 4.61. The van der Waals surface area contributed by atoms with Gasteiger partial charge >= 0.3 is 0 Å². The van der Waals surface area contributed by atoms with E-state index in [1.54, 1.807) is 7.05 Å². The largest absolute Gasteiger partial charge is 0.363 e. The Kier molecular flexibility index (Phi) is 5.96. The van der Waals surface area contributed by atoms with E-state index in [0.29, 0.717) is 6.54 Å². The van der Waals surface area contributed by atoms with Crippen molar-refractivity contribution in [1.82, 2.24) is 20.6 Å². The second-order valence-electron chi connectivity index (χ2n) is 6.76. The first-order valence-corrected chi connectivity index (χ1v) is 9.22. The molecule has 0 bridgehead atoms. The number of nitrogens with zero attached hydrogens (tertiary/aromatic N) is 3. The van der Waals surface area contributed by atoms with Crippen LogP contribution in [0.2, 0.25) is 0 Å². The van der Waals surface area contributed by atoms with Crippen LogP contribution in [0.25, 0.3) is 10.9 Å². The molecule has 0 saturated carbocycles. The molecule has 6 nitrogen and oxygen atoms in total. The fraction of sp³-hybridized carbons (Fsp3) is 0.333. The zero-order valence-electron chi connectivity index (χ0n) is 16.5. The highest BCUT2D eigenvalue weighted by Crippen LogP contribution is 2.21. The molecule has 0 unspecified atom stereocenters. The van der Waals surface area contributed by atoms with Gasteiger partial charge in [0.25, 0.3) is 0 Å². The first-order chi connectivity index (χ1) is 13.1. The predicted octanol–water partition coefficient (Wildman–Crippen LogP) is 2.85. The summed E-state index contributed by atoms with van der Waals surface area (Å²) >= 11 is 0. The van der Waals surface area contributed by atoms with Crippen LogP contribution in [0.5, 0.6) is 0 Å². The Morgan fingerprint density at radius 2 is 1.93 bits per heavy atom. The van der Waals surface area contributed by atoms with Crippen molar-refractivity contribution in [2.45, 2.75) is 19.9 Å². The number of H-pyrrole nitrogens is 1. The third kappa shape index (κ3) is 4.58. The van der Waals surface area contributed by atoms with Gasteiger partial charge in [0.15, 0.2) is 5.96 Å². The first kappa shape index (κ1) is 18.8. The minimum absolute atomic E-state index is 0.632. The molecule has 0 aliphatic carbocycles. The molecule has 2 aromatic heterocycles. The van der Waals surface area contributed by atoms with Gasteiger partial charge in [-0.2, -0.15) is 0 Å². The number of benzene rings is 1. The van der Waals surface area contributed by atoms with E-state index in [0.717, 1.165) is 30.4 Å². The van der Waals surface area contributed by atoms with Crippen LogP contribution in [-0.2, 0) is 13.0 Å². The second kappa shape index (κ2) is 8.58. The zero-order chi connectivity index (χ0) is 19.2. The van der Waals surface area contributed by atoms with Crippen molar-refractivity contribution in [1.29, 1.82) is 0 Å². The molecule has 0 aliphatic rings. The predicted molar refractivity (Wildman–Crippen MR) is 114 cm³/mol. The van der Waals surface area contributed by atoms with Gasteiger partial charge in [-0.25, -0.2) is 4.98 Å². The Bertz CT molecular complexity index is 925. The molecule has 3 N–H and O–H groups in total. The summed E-state index contributed by atoms with van der Waals surface area (Å²) in [5.41, 5.74) is 4.76. The van der Waals surface area contributed by atoms with Gasteiger partial charge in [-0.15, -0.1) is 0 Å². The number of aromatic amines is 1. The molecular formula is C21H28N6. The Hall–Kier alpha value is -3.02. The quantitative estimate of drug-likeness (QED) is 0.465. The summed E-state index contributed by atoms with van der Waals surface area (Å²) in [5.74, 6) is 1.73. The number of hydrogen-bond acceptors (Lipinski definition) is 3. The normalized spacial score (nSPS) is 11.6. The van der Waals surface area contributed by atoms with Gasteiger partial charge in [0.05, 0.1) is 12.2 Å². The summed E-state index contributed by atoms with van der Waals surface area (Å²) in [6.45, 7) is 3.58. The van der Waals surface area contributed by atoms with E-state index in [2.05, 4.69) is 56.8 Å². The van der Waals surface area contributed by atoms with Gasteiger partial charge in [0.2, 0.25) is 0 Å². The molecule has 2 heterocycles. The number of para-hydroxylation sites is 1. The number of aryl methyl sites for hydroxylation is 1. The number of hydrogen-bond donors (Lipinski definition) is 3. The topological polar surface area (TPSA) is 68.3 Å². The minimum Gasteiger partial charge on any atom is -0.363 e. The maximum Gasteiger partial charge on any atom is 0.191 e. The lowest BCUT2D eigenvalue weighted by molar-refractivity contribution is 0.782. The van der Waals surface area contributed by atoms with Crippen LogP contribution < -0.4 is 15.5 Å². The van der Waals surface area contributed by atoms with Crippen molar-refractivity contribution in [3.8, 4) is 0 Å². The number of pyridine rings is 1. The van der Waals surface area contributed by atoms with Crippen molar-refractivity contribution in [3.63, 3.8) is 0 Å². The molecule has 0 aliphatic heterocycles. The molecule has 3 aromatic rings. The number of guanidine groups is 1. The smallest absolute Gasteiger partial charge is 0.191 e. The molecule has 0 atom stereocenters. The summed E-state index contributed by atoms with van der Waals surface area (Å²) < 4.78 is 0. The molecule has 0 spiro atoms.